The maximum atomic E-state index is 5.70. The predicted molar refractivity (Wildman–Crippen MR) is 68.5 cm³/mol. The Morgan fingerprint density at radius 1 is 1.31 bits per heavy atom. The Balaban J connectivity index is 1.77. The van der Waals surface area contributed by atoms with E-state index >= 15 is 0 Å². The van der Waals surface area contributed by atoms with Crippen LogP contribution in [0, 0.1) is 5.41 Å². The lowest BCUT2D eigenvalue weighted by atomic mass is 9.98. The molecule has 3 nitrogen and oxygen atoms in total. The minimum atomic E-state index is 0.604. The summed E-state index contributed by atoms with van der Waals surface area (Å²) in [7, 11) is 4.54. The topological polar surface area (TPSA) is 32.5 Å². The molecule has 94 valence electrons. The van der Waals surface area contributed by atoms with Gasteiger partial charge in [0.2, 0.25) is 0 Å². The van der Waals surface area contributed by atoms with Gasteiger partial charge in [0.1, 0.15) is 0 Å². The van der Waals surface area contributed by atoms with Gasteiger partial charge in [-0.15, -0.1) is 0 Å². The molecule has 1 saturated heterocycles. The first kappa shape index (κ1) is 12.3. The molecule has 0 atom stereocenters. The molecule has 1 aliphatic carbocycles. The Kier molecular flexibility index (Phi) is 3.88. The summed E-state index contributed by atoms with van der Waals surface area (Å²) >= 11 is 0. The van der Waals surface area contributed by atoms with E-state index < -0.39 is 0 Å². The van der Waals surface area contributed by atoms with Crippen molar-refractivity contribution in [3.63, 3.8) is 0 Å². The maximum Gasteiger partial charge on any atom is 0.0117 e. The molecule has 0 bridgehead atoms. The highest BCUT2D eigenvalue weighted by Crippen LogP contribution is 2.49. The zero-order valence-corrected chi connectivity index (χ0v) is 10.9. The smallest absolute Gasteiger partial charge is 0.0117 e. The molecule has 2 fully saturated rings. The average molecular weight is 225 g/mol. The summed E-state index contributed by atoms with van der Waals surface area (Å²) in [6, 6.07) is 0.812. The van der Waals surface area contributed by atoms with Crippen molar-refractivity contribution in [3.8, 4) is 0 Å². The minimum absolute atomic E-state index is 0.604. The molecule has 3 heteroatoms. The molecule has 0 spiro atoms. The standard InChI is InChI=1S/C13H27N3/c1-15-9-3-12(4-10-15)16(2)11-13(5-6-13)7-8-14/h12H,3-11,14H2,1-2H3. The quantitative estimate of drug-likeness (QED) is 0.761. The van der Waals surface area contributed by atoms with Crippen molar-refractivity contribution in [2.24, 2.45) is 11.1 Å². The van der Waals surface area contributed by atoms with Gasteiger partial charge in [-0.2, -0.15) is 0 Å². The second-order valence-electron chi connectivity index (χ2n) is 5.99. The van der Waals surface area contributed by atoms with Crippen molar-refractivity contribution in [1.82, 2.24) is 9.80 Å². The fourth-order valence-electron chi connectivity index (χ4n) is 3.06. The van der Waals surface area contributed by atoms with E-state index in [1.807, 2.05) is 0 Å². The van der Waals surface area contributed by atoms with Crippen LogP contribution in [0.4, 0.5) is 0 Å². The van der Waals surface area contributed by atoms with Crippen LogP contribution in [0.1, 0.15) is 32.1 Å². The predicted octanol–water partition coefficient (Wildman–Crippen LogP) is 1.14. The van der Waals surface area contributed by atoms with Crippen LogP contribution in [0.3, 0.4) is 0 Å². The number of nitrogens with two attached hydrogens (primary N) is 1. The normalized spacial score (nSPS) is 26.2. The molecular formula is C13H27N3. The van der Waals surface area contributed by atoms with E-state index in [9.17, 15) is 0 Å². The van der Waals surface area contributed by atoms with E-state index in [1.54, 1.807) is 0 Å². The number of hydrogen-bond donors (Lipinski definition) is 1. The van der Waals surface area contributed by atoms with E-state index in [-0.39, 0.29) is 0 Å². The first-order valence-corrected chi connectivity index (χ1v) is 6.74. The van der Waals surface area contributed by atoms with Gasteiger partial charge in [-0.1, -0.05) is 0 Å². The molecule has 0 aromatic carbocycles. The van der Waals surface area contributed by atoms with Crippen molar-refractivity contribution in [2.45, 2.75) is 38.1 Å². The maximum absolute atomic E-state index is 5.70. The van der Waals surface area contributed by atoms with Crippen molar-refractivity contribution in [1.29, 1.82) is 0 Å². The number of rotatable bonds is 5. The summed E-state index contributed by atoms with van der Waals surface area (Å²) in [6.07, 6.45) is 6.71. The van der Waals surface area contributed by atoms with Gasteiger partial charge in [0.05, 0.1) is 0 Å². The second-order valence-corrected chi connectivity index (χ2v) is 5.99. The number of likely N-dealkylation sites (tertiary alicyclic amines) is 1. The molecule has 0 unspecified atom stereocenters. The third-order valence-corrected chi connectivity index (χ3v) is 4.53. The Labute approximate surface area is 100.0 Å². The van der Waals surface area contributed by atoms with Crippen molar-refractivity contribution < 1.29 is 0 Å². The largest absolute Gasteiger partial charge is 0.330 e. The highest BCUT2D eigenvalue weighted by molar-refractivity contribution is 4.96. The van der Waals surface area contributed by atoms with E-state index in [0.29, 0.717) is 5.41 Å². The van der Waals surface area contributed by atoms with Gasteiger partial charge in [-0.3, -0.25) is 0 Å². The van der Waals surface area contributed by atoms with E-state index in [2.05, 4.69) is 23.9 Å². The van der Waals surface area contributed by atoms with Gasteiger partial charge in [-0.25, -0.2) is 0 Å². The number of hydrogen-bond acceptors (Lipinski definition) is 3. The molecule has 1 aliphatic heterocycles. The summed E-state index contributed by atoms with van der Waals surface area (Å²) < 4.78 is 0. The Bertz CT molecular complexity index is 217. The molecule has 1 saturated carbocycles. The van der Waals surface area contributed by atoms with Gasteiger partial charge in [0.25, 0.3) is 0 Å². The lowest BCUT2D eigenvalue weighted by Crippen LogP contribution is -2.44. The number of nitrogens with zero attached hydrogens (tertiary/aromatic N) is 2. The monoisotopic (exact) mass is 225 g/mol. The van der Waals surface area contributed by atoms with Crippen LogP contribution in [0.25, 0.3) is 0 Å². The summed E-state index contributed by atoms with van der Waals surface area (Å²) in [4.78, 5) is 5.05. The van der Waals surface area contributed by atoms with Crippen LogP contribution < -0.4 is 5.73 Å². The highest BCUT2D eigenvalue weighted by atomic mass is 15.2. The van der Waals surface area contributed by atoms with E-state index in [4.69, 9.17) is 5.73 Å². The molecule has 2 N–H and O–H groups in total. The Morgan fingerprint density at radius 3 is 2.44 bits per heavy atom. The van der Waals surface area contributed by atoms with Crippen LogP contribution in [-0.4, -0.2) is 56.1 Å². The van der Waals surface area contributed by atoms with Crippen LogP contribution in [-0.2, 0) is 0 Å². The fraction of sp³-hybridized carbons (Fsp3) is 1.00. The van der Waals surface area contributed by atoms with E-state index in [1.165, 1.54) is 51.7 Å². The van der Waals surface area contributed by atoms with Crippen LogP contribution in [0.5, 0.6) is 0 Å². The van der Waals surface area contributed by atoms with Crippen LogP contribution in [0.2, 0.25) is 0 Å². The van der Waals surface area contributed by atoms with Gasteiger partial charge in [-0.05, 0) is 71.2 Å². The van der Waals surface area contributed by atoms with Gasteiger partial charge >= 0.3 is 0 Å². The molecule has 0 radical (unpaired) electrons. The van der Waals surface area contributed by atoms with Crippen molar-refractivity contribution >= 4 is 0 Å². The second kappa shape index (κ2) is 5.03. The first-order chi connectivity index (χ1) is 7.65. The molecule has 0 aromatic heterocycles. The summed E-state index contributed by atoms with van der Waals surface area (Å²) in [5.74, 6) is 0. The number of piperidine rings is 1. The van der Waals surface area contributed by atoms with Crippen LogP contribution in [0.15, 0.2) is 0 Å². The Hall–Kier alpha value is -0.120. The third kappa shape index (κ3) is 2.96. The lowest BCUT2D eigenvalue weighted by molar-refractivity contribution is 0.122. The zero-order valence-electron chi connectivity index (χ0n) is 10.9. The van der Waals surface area contributed by atoms with Crippen LogP contribution >= 0.6 is 0 Å². The van der Waals surface area contributed by atoms with Crippen molar-refractivity contribution in [3.05, 3.63) is 0 Å². The van der Waals surface area contributed by atoms with Gasteiger partial charge < -0.3 is 15.5 Å². The molecular weight excluding hydrogens is 198 g/mol. The SMILES string of the molecule is CN1CCC(N(C)CC2(CCN)CC2)CC1. The van der Waals surface area contributed by atoms with E-state index in [0.717, 1.165) is 12.6 Å². The fourth-order valence-corrected chi connectivity index (χ4v) is 3.06. The molecule has 2 aliphatic rings. The van der Waals surface area contributed by atoms with Crippen molar-refractivity contribution in [2.75, 3.05) is 40.3 Å². The summed E-state index contributed by atoms with van der Waals surface area (Å²) in [5.41, 5.74) is 6.31. The highest BCUT2D eigenvalue weighted by Gasteiger charge is 2.43. The molecule has 16 heavy (non-hydrogen) atoms. The third-order valence-electron chi connectivity index (χ3n) is 4.53. The molecule has 0 aromatic rings. The first-order valence-electron chi connectivity index (χ1n) is 6.74. The zero-order chi connectivity index (χ0) is 11.6. The minimum Gasteiger partial charge on any atom is -0.330 e. The molecule has 2 rings (SSSR count). The summed E-state index contributed by atoms with van der Waals surface area (Å²) in [5, 5.41) is 0. The van der Waals surface area contributed by atoms with Gasteiger partial charge in [0, 0.05) is 12.6 Å². The van der Waals surface area contributed by atoms with Gasteiger partial charge in [0.15, 0.2) is 0 Å². The lowest BCUT2D eigenvalue weighted by Gasteiger charge is -2.37. The average Bonchev–Trinajstić information content (AvgIpc) is 2.99. The summed E-state index contributed by atoms with van der Waals surface area (Å²) in [6.45, 7) is 4.66. The molecule has 0 amide bonds. The Morgan fingerprint density at radius 2 is 1.94 bits per heavy atom. The molecule has 1 heterocycles.